The van der Waals surface area contributed by atoms with Crippen molar-refractivity contribution in [3.8, 4) is 6.07 Å². The van der Waals surface area contributed by atoms with E-state index in [1.807, 2.05) is 0 Å². The van der Waals surface area contributed by atoms with E-state index in [9.17, 15) is 13.6 Å². The number of urea groups is 1. The number of hydrogen-bond acceptors (Lipinski definition) is 2. The molecule has 84 valence electrons. The predicted molar refractivity (Wildman–Crippen MR) is 53.8 cm³/mol. The van der Waals surface area contributed by atoms with Crippen LogP contribution in [0.25, 0.3) is 0 Å². The second-order valence-corrected chi connectivity index (χ2v) is 2.96. The lowest BCUT2D eigenvalue weighted by Gasteiger charge is -2.07. The van der Waals surface area contributed by atoms with Crippen molar-refractivity contribution in [2.24, 2.45) is 0 Å². The predicted octanol–water partition coefficient (Wildman–Crippen LogP) is 1.78. The van der Waals surface area contributed by atoms with E-state index >= 15 is 0 Å². The van der Waals surface area contributed by atoms with Crippen LogP contribution < -0.4 is 10.6 Å². The minimum absolute atomic E-state index is 0.00367. The number of benzene rings is 1. The van der Waals surface area contributed by atoms with E-state index in [2.05, 4.69) is 10.6 Å². The first kappa shape index (κ1) is 11.9. The molecule has 4 nitrogen and oxygen atoms in total. The summed E-state index contributed by atoms with van der Waals surface area (Å²) in [5, 5.41) is 12.8. The van der Waals surface area contributed by atoms with E-state index in [0.717, 1.165) is 12.1 Å². The highest BCUT2D eigenvalue weighted by Gasteiger charge is 2.11. The molecule has 1 rings (SSSR count). The van der Waals surface area contributed by atoms with Gasteiger partial charge in [-0.2, -0.15) is 5.26 Å². The van der Waals surface area contributed by atoms with Crippen molar-refractivity contribution in [2.75, 3.05) is 12.4 Å². The fourth-order valence-electron chi connectivity index (χ4n) is 1.12. The average molecular weight is 225 g/mol. The molecule has 0 aliphatic rings. The van der Waals surface area contributed by atoms with Crippen LogP contribution in [0, 0.1) is 23.0 Å². The number of nitrogens with one attached hydrogen (secondary N) is 2. The van der Waals surface area contributed by atoms with Gasteiger partial charge in [0.25, 0.3) is 0 Å². The Morgan fingerprint density at radius 1 is 1.44 bits per heavy atom. The van der Waals surface area contributed by atoms with E-state index in [1.165, 1.54) is 7.05 Å². The molecule has 0 radical (unpaired) electrons. The molecule has 2 amide bonds. The molecule has 0 saturated carbocycles. The standard InChI is InChI=1S/C10H9F2N3O/c1-14-10(16)15-6-4-8(11)7(2-3-13)9(12)5-6/h4-5H,2H2,1H3,(H2,14,15,16). The maximum Gasteiger partial charge on any atom is 0.318 e. The number of nitrogens with zero attached hydrogens (tertiary/aromatic N) is 1. The van der Waals surface area contributed by atoms with Gasteiger partial charge >= 0.3 is 6.03 Å². The third-order valence-electron chi connectivity index (χ3n) is 1.88. The second-order valence-electron chi connectivity index (χ2n) is 2.96. The molecule has 0 heterocycles. The van der Waals surface area contributed by atoms with Crippen LogP contribution in [-0.4, -0.2) is 13.1 Å². The quantitative estimate of drug-likeness (QED) is 0.805. The van der Waals surface area contributed by atoms with Crippen LogP contribution in [0.5, 0.6) is 0 Å². The van der Waals surface area contributed by atoms with E-state index < -0.39 is 17.7 Å². The van der Waals surface area contributed by atoms with E-state index in [-0.39, 0.29) is 17.7 Å². The highest BCUT2D eigenvalue weighted by atomic mass is 19.1. The normalized spacial score (nSPS) is 9.38. The molecular weight excluding hydrogens is 216 g/mol. The minimum atomic E-state index is -0.854. The molecule has 2 N–H and O–H groups in total. The zero-order valence-electron chi connectivity index (χ0n) is 8.47. The Bertz CT molecular complexity index is 431. The van der Waals surface area contributed by atoms with E-state index in [1.54, 1.807) is 6.07 Å². The van der Waals surface area contributed by atoms with Crippen molar-refractivity contribution in [3.63, 3.8) is 0 Å². The lowest BCUT2D eigenvalue weighted by molar-refractivity contribution is 0.254. The third-order valence-corrected chi connectivity index (χ3v) is 1.88. The number of hydrogen-bond donors (Lipinski definition) is 2. The molecule has 1 aromatic carbocycles. The first-order valence-electron chi connectivity index (χ1n) is 4.42. The van der Waals surface area contributed by atoms with Crippen molar-refractivity contribution in [2.45, 2.75) is 6.42 Å². The van der Waals surface area contributed by atoms with Crippen LogP contribution in [0.1, 0.15) is 5.56 Å². The Kier molecular flexibility index (Phi) is 3.78. The summed E-state index contributed by atoms with van der Waals surface area (Å²) in [4.78, 5) is 10.9. The zero-order valence-corrected chi connectivity index (χ0v) is 8.47. The van der Waals surface area contributed by atoms with Crippen molar-refractivity contribution in [3.05, 3.63) is 29.3 Å². The van der Waals surface area contributed by atoms with Gasteiger partial charge in [0.15, 0.2) is 0 Å². The Hall–Kier alpha value is -2.16. The van der Waals surface area contributed by atoms with Gasteiger partial charge in [0, 0.05) is 18.3 Å². The summed E-state index contributed by atoms with van der Waals surface area (Å²) in [6.45, 7) is 0. The Labute approximate surface area is 90.9 Å². The fourth-order valence-corrected chi connectivity index (χ4v) is 1.12. The smallest absolute Gasteiger partial charge is 0.318 e. The first-order chi connectivity index (χ1) is 7.58. The van der Waals surface area contributed by atoms with Gasteiger partial charge in [-0.1, -0.05) is 0 Å². The summed E-state index contributed by atoms with van der Waals surface area (Å²) in [5.41, 5.74) is -0.305. The number of halogens is 2. The van der Waals surface area contributed by atoms with Crippen LogP contribution >= 0.6 is 0 Å². The summed E-state index contributed by atoms with van der Waals surface area (Å²) < 4.78 is 26.6. The number of nitriles is 1. The maximum atomic E-state index is 13.3. The molecule has 0 aromatic heterocycles. The SMILES string of the molecule is CNC(=O)Nc1cc(F)c(CC#N)c(F)c1. The molecule has 0 bridgehead atoms. The van der Waals surface area contributed by atoms with Gasteiger partial charge in [-0.15, -0.1) is 0 Å². The van der Waals surface area contributed by atoms with Gasteiger partial charge in [-0.25, -0.2) is 13.6 Å². The van der Waals surface area contributed by atoms with Gasteiger partial charge in [0.2, 0.25) is 0 Å². The maximum absolute atomic E-state index is 13.3. The van der Waals surface area contributed by atoms with Crippen LogP contribution in [0.4, 0.5) is 19.3 Å². The molecule has 0 aliphatic carbocycles. The number of amides is 2. The van der Waals surface area contributed by atoms with Crippen LogP contribution in [0.2, 0.25) is 0 Å². The van der Waals surface area contributed by atoms with E-state index in [4.69, 9.17) is 5.26 Å². The van der Waals surface area contributed by atoms with Crippen molar-refractivity contribution in [1.29, 1.82) is 5.26 Å². The number of carbonyl (C=O) groups is 1. The monoisotopic (exact) mass is 225 g/mol. The Morgan fingerprint density at radius 3 is 2.44 bits per heavy atom. The van der Waals surface area contributed by atoms with Gasteiger partial charge < -0.3 is 10.6 Å². The second kappa shape index (κ2) is 5.07. The van der Waals surface area contributed by atoms with Crippen LogP contribution in [0.15, 0.2) is 12.1 Å². The zero-order chi connectivity index (χ0) is 12.1. The summed E-state index contributed by atoms with van der Waals surface area (Å²) in [5.74, 6) is -1.71. The average Bonchev–Trinajstić information content (AvgIpc) is 2.23. The summed E-state index contributed by atoms with van der Waals surface area (Å²) in [6.07, 6.45) is -0.349. The molecule has 6 heteroatoms. The van der Waals surface area contributed by atoms with Crippen LogP contribution in [0.3, 0.4) is 0 Å². The van der Waals surface area contributed by atoms with Crippen molar-refractivity contribution >= 4 is 11.7 Å². The molecule has 0 atom stereocenters. The van der Waals surface area contributed by atoms with Gasteiger partial charge in [0.1, 0.15) is 11.6 Å². The highest BCUT2D eigenvalue weighted by molar-refractivity contribution is 5.89. The van der Waals surface area contributed by atoms with E-state index in [0.29, 0.717) is 0 Å². The number of carbonyl (C=O) groups excluding carboxylic acids is 1. The molecule has 0 saturated heterocycles. The summed E-state index contributed by atoms with van der Waals surface area (Å²) in [6, 6.07) is 3.01. The van der Waals surface area contributed by atoms with Gasteiger partial charge in [-0.05, 0) is 12.1 Å². The van der Waals surface area contributed by atoms with Crippen LogP contribution in [-0.2, 0) is 6.42 Å². The molecule has 16 heavy (non-hydrogen) atoms. The van der Waals surface area contributed by atoms with Gasteiger partial charge in [-0.3, -0.25) is 0 Å². The lowest BCUT2D eigenvalue weighted by atomic mass is 10.1. The Morgan fingerprint density at radius 2 is 2.00 bits per heavy atom. The number of anilines is 1. The number of rotatable bonds is 2. The van der Waals surface area contributed by atoms with Crippen molar-refractivity contribution in [1.82, 2.24) is 5.32 Å². The molecule has 0 fully saturated rings. The first-order valence-corrected chi connectivity index (χ1v) is 4.42. The summed E-state index contributed by atoms with van der Waals surface area (Å²) in [7, 11) is 1.38. The molecule has 0 spiro atoms. The molecule has 1 aromatic rings. The molecule has 0 aliphatic heterocycles. The Balaban J connectivity index is 3.01. The topological polar surface area (TPSA) is 64.9 Å². The molecular formula is C10H9F2N3O. The minimum Gasteiger partial charge on any atom is -0.341 e. The largest absolute Gasteiger partial charge is 0.341 e. The third kappa shape index (κ3) is 2.67. The van der Waals surface area contributed by atoms with Crippen molar-refractivity contribution < 1.29 is 13.6 Å². The van der Waals surface area contributed by atoms with Gasteiger partial charge in [0.05, 0.1) is 12.5 Å². The lowest BCUT2D eigenvalue weighted by Crippen LogP contribution is -2.24. The highest BCUT2D eigenvalue weighted by Crippen LogP contribution is 2.19. The summed E-state index contributed by atoms with van der Waals surface area (Å²) >= 11 is 0. The fraction of sp³-hybridized carbons (Fsp3) is 0.200. The molecule has 0 unspecified atom stereocenters.